The third-order valence-corrected chi connectivity index (χ3v) is 4.40. The lowest BCUT2D eigenvalue weighted by atomic mass is 10.2. The molecule has 0 amide bonds. The maximum atomic E-state index is 13.5. The lowest BCUT2D eigenvalue weighted by molar-refractivity contribution is -0.674. The van der Waals surface area contributed by atoms with Gasteiger partial charge in [0.2, 0.25) is 0 Å². The summed E-state index contributed by atoms with van der Waals surface area (Å²) in [7, 11) is 0. The molecule has 25 heavy (non-hydrogen) atoms. The number of hydrogen-bond acceptors (Lipinski definition) is 2. The molecule has 0 saturated heterocycles. The Bertz CT molecular complexity index is 931. The molecule has 0 unspecified atom stereocenters. The van der Waals surface area contributed by atoms with Crippen LogP contribution < -0.4 is 4.57 Å². The maximum absolute atomic E-state index is 13.5. The normalized spacial score (nSPS) is 11.0. The van der Waals surface area contributed by atoms with Gasteiger partial charge in [-0.1, -0.05) is 12.1 Å². The monoisotopic (exact) mass is 341 g/mol. The largest absolute Gasteiger partial charge is 0.462 e. The smallest absolute Gasteiger partial charge is 0.338 e. The molecule has 0 fully saturated rings. The van der Waals surface area contributed by atoms with Gasteiger partial charge in [-0.05, 0) is 43.7 Å². The lowest BCUT2D eigenvalue weighted by Gasteiger charge is -2.03. The Morgan fingerprint density at radius 2 is 2.00 bits per heavy atom. The topological polar surface area (TPSA) is 35.1 Å². The van der Waals surface area contributed by atoms with E-state index in [2.05, 4.69) is 16.1 Å². The highest BCUT2D eigenvalue weighted by atomic mass is 19.1. The van der Waals surface area contributed by atoms with Crippen molar-refractivity contribution in [2.75, 3.05) is 6.61 Å². The zero-order valence-corrected chi connectivity index (χ0v) is 14.8. The Labute approximate surface area is 146 Å². The van der Waals surface area contributed by atoms with Crippen LogP contribution in [0, 0.1) is 12.7 Å². The van der Waals surface area contributed by atoms with E-state index in [0.29, 0.717) is 18.7 Å². The Morgan fingerprint density at radius 1 is 1.20 bits per heavy atom. The van der Waals surface area contributed by atoms with Crippen LogP contribution in [0.2, 0.25) is 0 Å². The number of aromatic nitrogens is 2. The van der Waals surface area contributed by atoms with Crippen LogP contribution in [0.25, 0.3) is 11.0 Å². The van der Waals surface area contributed by atoms with Crippen LogP contribution in [0.5, 0.6) is 0 Å². The summed E-state index contributed by atoms with van der Waals surface area (Å²) in [5.74, 6) is 0.480. The summed E-state index contributed by atoms with van der Waals surface area (Å²) in [4.78, 5) is 12.1. The van der Waals surface area contributed by atoms with Gasteiger partial charge in [-0.15, -0.1) is 0 Å². The molecule has 3 rings (SSSR count). The van der Waals surface area contributed by atoms with Crippen molar-refractivity contribution in [3.63, 3.8) is 0 Å². The maximum Gasteiger partial charge on any atom is 0.338 e. The van der Waals surface area contributed by atoms with E-state index in [1.54, 1.807) is 19.1 Å². The standard InChI is InChI=1S/C20H22FN2O2/c1-4-22-14(3)23(13-15-7-6-8-17(21)11-15)19-12-16(9-10-18(19)22)20(24)25-5-2/h6-12H,4-5,13H2,1-3H3/q+1. The van der Waals surface area contributed by atoms with Crippen LogP contribution in [-0.2, 0) is 17.8 Å². The number of carbonyl (C=O) groups is 1. The highest BCUT2D eigenvalue weighted by Crippen LogP contribution is 2.19. The number of esters is 1. The molecule has 0 spiro atoms. The molecule has 0 aliphatic heterocycles. The zero-order valence-electron chi connectivity index (χ0n) is 14.8. The Balaban J connectivity index is 2.13. The fourth-order valence-electron chi connectivity index (χ4n) is 3.22. The van der Waals surface area contributed by atoms with Gasteiger partial charge < -0.3 is 4.74 Å². The van der Waals surface area contributed by atoms with E-state index in [1.807, 2.05) is 25.1 Å². The number of halogens is 1. The predicted octanol–water partition coefficient (Wildman–Crippen LogP) is 3.62. The van der Waals surface area contributed by atoms with Crippen LogP contribution in [0.4, 0.5) is 4.39 Å². The number of benzene rings is 2. The third-order valence-electron chi connectivity index (χ3n) is 4.40. The van der Waals surface area contributed by atoms with E-state index in [-0.39, 0.29) is 11.8 Å². The van der Waals surface area contributed by atoms with Crippen LogP contribution in [0.1, 0.15) is 35.6 Å². The number of ether oxygens (including phenoxy) is 1. The molecule has 0 saturated carbocycles. The minimum atomic E-state index is -0.330. The van der Waals surface area contributed by atoms with E-state index in [0.717, 1.165) is 29.0 Å². The number of carbonyl (C=O) groups excluding carboxylic acids is 1. The molecule has 0 N–H and O–H groups in total. The first-order valence-corrected chi connectivity index (χ1v) is 8.49. The van der Waals surface area contributed by atoms with Gasteiger partial charge in [0, 0.05) is 13.0 Å². The summed E-state index contributed by atoms with van der Waals surface area (Å²) < 4.78 is 22.9. The molecule has 1 aromatic heterocycles. The van der Waals surface area contributed by atoms with Crippen molar-refractivity contribution >= 4 is 17.0 Å². The van der Waals surface area contributed by atoms with Gasteiger partial charge in [-0.2, -0.15) is 0 Å². The van der Waals surface area contributed by atoms with Crippen LogP contribution in [0.15, 0.2) is 42.5 Å². The van der Waals surface area contributed by atoms with Crippen molar-refractivity contribution in [3.05, 3.63) is 65.2 Å². The van der Waals surface area contributed by atoms with Crippen LogP contribution in [0.3, 0.4) is 0 Å². The molecule has 1 heterocycles. The van der Waals surface area contributed by atoms with Gasteiger partial charge in [-0.3, -0.25) is 0 Å². The molecule has 4 nitrogen and oxygen atoms in total. The van der Waals surface area contributed by atoms with E-state index in [1.165, 1.54) is 12.1 Å². The van der Waals surface area contributed by atoms with Gasteiger partial charge >= 0.3 is 5.97 Å². The first kappa shape index (κ1) is 17.1. The summed E-state index contributed by atoms with van der Waals surface area (Å²) in [6.07, 6.45) is 0. The summed E-state index contributed by atoms with van der Waals surface area (Å²) in [6, 6.07) is 12.2. The van der Waals surface area contributed by atoms with Crippen molar-refractivity contribution in [1.29, 1.82) is 0 Å². The first-order chi connectivity index (χ1) is 12.0. The zero-order chi connectivity index (χ0) is 18.0. The van der Waals surface area contributed by atoms with Crippen molar-refractivity contribution in [1.82, 2.24) is 4.57 Å². The van der Waals surface area contributed by atoms with Crippen molar-refractivity contribution in [3.8, 4) is 0 Å². The first-order valence-electron chi connectivity index (χ1n) is 8.49. The number of hydrogen-bond donors (Lipinski definition) is 0. The summed E-state index contributed by atoms with van der Waals surface area (Å²) in [5, 5.41) is 0. The van der Waals surface area contributed by atoms with Gasteiger partial charge in [0.05, 0.1) is 18.7 Å². The quantitative estimate of drug-likeness (QED) is 0.525. The number of fused-ring (bicyclic) bond motifs is 1. The number of imidazole rings is 1. The predicted molar refractivity (Wildman–Crippen MR) is 94.0 cm³/mol. The fourth-order valence-corrected chi connectivity index (χ4v) is 3.22. The molecule has 0 radical (unpaired) electrons. The van der Waals surface area contributed by atoms with E-state index < -0.39 is 0 Å². The second kappa shape index (κ2) is 7.05. The van der Waals surface area contributed by atoms with Crippen LogP contribution >= 0.6 is 0 Å². The van der Waals surface area contributed by atoms with Gasteiger partial charge in [0.25, 0.3) is 5.82 Å². The van der Waals surface area contributed by atoms with Crippen LogP contribution in [-0.4, -0.2) is 17.1 Å². The second-order valence-electron chi connectivity index (χ2n) is 5.93. The molecule has 5 heteroatoms. The van der Waals surface area contributed by atoms with Crippen molar-refractivity contribution in [2.45, 2.75) is 33.9 Å². The number of nitrogens with zero attached hydrogens (tertiary/aromatic N) is 2. The fraction of sp³-hybridized carbons (Fsp3) is 0.300. The molecule has 0 atom stereocenters. The summed E-state index contributed by atoms with van der Waals surface area (Å²) in [5.41, 5.74) is 3.39. The van der Waals surface area contributed by atoms with E-state index in [9.17, 15) is 9.18 Å². The molecule has 0 bridgehead atoms. The van der Waals surface area contributed by atoms with Gasteiger partial charge in [-0.25, -0.2) is 18.3 Å². The molecule has 0 aliphatic carbocycles. The lowest BCUT2D eigenvalue weighted by Crippen LogP contribution is -2.35. The molecule has 2 aromatic carbocycles. The van der Waals surface area contributed by atoms with Gasteiger partial charge in [0.15, 0.2) is 11.0 Å². The highest BCUT2D eigenvalue weighted by molar-refractivity contribution is 5.93. The minimum Gasteiger partial charge on any atom is -0.462 e. The highest BCUT2D eigenvalue weighted by Gasteiger charge is 2.22. The minimum absolute atomic E-state index is 0.248. The van der Waals surface area contributed by atoms with Gasteiger partial charge in [0.1, 0.15) is 12.4 Å². The SMILES string of the molecule is CCOC(=O)c1ccc2c(c1)n(Cc1cccc(F)c1)c(C)[n+]2CC. The second-order valence-corrected chi connectivity index (χ2v) is 5.93. The third kappa shape index (κ3) is 3.27. The molecule has 3 aromatic rings. The molecular formula is C20H22FN2O2+. The summed E-state index contributed by atoms with van der Waals surface area (Å²) in [6.45, 7) is 7.61. The number of rotatable bonds is 5. The summed E-state index contributed by atoms with van der Waals surface area (Å²) >= 11 is 0. The van der Waals surface area contributed by atoms with Crippen molar-refractivity contribution in [2.24, 2.45) is 0 Å². The number of aryl methyl sites for hydroxylation is 1. The molecule has 130 valence electrons. The average molecular weight is 341 g/mol. The van der Waals surface area contributed by atoms with Crippen molar-refractivity contribution < 1.29 is 18.5 Å². The molecular weight excluding hydrogens is 319 g/mol. The van der Waals surface area contributed by atoms with E-state index >= 15 is 0 Å². The Hall–Kier alpha value is -2.69. The Kier molecular flexibility index (Phi) is 4.83. The Morgan fingerprint density at radius 3 is 2.68 bits per heavy atom. The van der Waals surface area contributed by atoms with E-state index in [4.69, 9.17) is 4.74 Å². The molecule has 0 aliphatic rings. The average Bonchev–Trinajstić information content (AvgIpc) is 2.86.